The topological polar surface area (TPSA) is 38.3 Å². The van der Waals surface area contributed by atoms with E-state index in [2.05, 4.69) is 28.2 Å². The van der Waals surface area contributed by atoms with Gasteiger partial charge in [0, 0.05) is 10.0 Å². The summed E-state index contributed by atoms with van der Waals surface area (Å²) in [5.74, 6) is 0.125. The first-order chi connectivity index (χ1) is 11.0. The van der Waals surface area contributed by atoms with Gasteiger partial charge >= 0.3 is 0 Å². The number of hydrogen-bond donors (Lipinski definition) is 1. The molecular formula is C17H16BrCl2NO2. The number of halogens is 3. The normalized spacial score (nSPS) is 10.4. The van der Waals surface area contributed by atoms with E-state index in [9.17, 15) is 4.79 Å². The first-order valence-electron chi connectivity index (χ1n) is 7.20. The number of carbonyl (C=O) groups is 1. The molecule has 2 rings (SSSR count). The molecule has 0 bridgehead atoms. The number of unbranched alkanes of at least 4 members (excludes halogenated alkanes) is 1. The maximum atomic E-state index is 12.4. The van der Waals surface area contributed by atoms with E-state index in [1.165, 1.54) is 0 Å². The van der Waals surface area contributed by atoms with Gasteiger partial charge in [-0.05, 0) is 46.6 Å². The molecule has 0 aromatic heterocycles. The van der Waals surface area contributed by atoms with Gasteiger partial charge in [-0.25, -0.2) is 0 Å². The third kappa shape index (κ3) is 4.87. The monoisotopic (exact) mass is 415 g/mol. The zero-order chi connectivity index (χ0) is 16.8. The fourth-order valence-electron chi connectivity index (χ4n) is 1.90. The van der Waals surface area contributed by atoms with Gasteiger partial charge in [0.25, 0.3) is 5.91 Å². The molecule has 2 aromatic rings. The molecule has 0 heterocycles. The van der Waals surface area contributed by atoms with Crippen molar-refractivity contribution < 1.29 is 9.53 Å². The number of carbonyl (C=O) groups excluding carboxylic acids is 1. The highest BCUT2D eigenvalue weighted by atomic mass is 79.9. The van der Waals surface area contributed by atoms with Gasteiger partial charge < -0.3 is 10.1 Å². The van der Waals surface area contributed by atoms with Crippen molar-refractivity contribution in [3.63, 3.8) is 0 Å². The first kappa shape index (κ1) is 18.1. The van der Waals surface area contributed by atoms with Gasteiger partial charge in [-0.15, -0.1) is 0 Å². The quantitative estimate of drug-likeness (QED) is 0.570. The zero-order valence-electron chi connectivity index (χ0n) is 12.5. The number of anilines is 1. The lowest BCUT2D eigenvalue weighted by atomic mass is 10.2. The lowest BCUT2D eigenvalue weighted by Gasteiger charge is -2.12. The summed E-state index contributed by atoms with van der Waals surface area (Å²) in [6, 6.07) is 10.5. The number of para-hydroxylation sites is 1. The van der Waals surface area contributed by atoms with Crippen LogP contribution >= 0.6 is 39.1 Å². The molecule has 1 N–H and O–H groups in total. The summed E-state index contributed by atoms with van der Waals surface area (Å²) in [5, 5.41) is 3.46. The predicted molar refractivity (Wildman–Crippen MR) is 99.0 cm³/mol. The van der Waals surface area contributed by atoms with Gasteiger partial charge in [-0.2, -0.15) is 0 Å². The van der Waals surface area contributed by atoms with Crippen molar-refractivity contribution >= 4 is 50.7 Å². The van der Waals surface area contributed by atoms with Crippen LogP contribution in [0.3, 0.4) is 0 Å². The van der Waals surface area contributed by atoms with Crippen LogP contribution < -0.4 is 10.1 Å². The van der Waals surface area contributed by atoms with Crippen molar-refractivity contribution in [3.8, 4) is 5.75 Å². The fraction of sp³-hybridized carbons (Fsp3) is 0.235. The summed E-state index contributed by atoms with van der Waals surface area (Å²) >= 11 is 15.8. The molecule has 3 nitrogen and oxygen atoms in total. The van der Waals surface area contributed by atoms with Crippen LogP contribution in [0.4, 0.5) is 5.69 Å². The number of hydrogen-bond acceptors (Lipinski definition) is 2. The minimum atomic E-state index is -0.291. The van der Waals surface area contributed by atoms with Crippen molar-refractivity contribution in [1.82, 2.24) is 0 Å². The number of benzene rings is 2. The van der Waals surface area contributed by atoms with E-state index in [1.807, 2.05) is 18.2 Å². The Morgan fingerprint density at radius 2 is 1.87 bits per heavy atom. The third-order valence-electron chi connectivity index (χ3n) is 3.13. The average Bonchev–Trinajstić information content (AvgIpc) is 2.52. The average molecular weight is 417 g/mol. The van der Waals surface area contributed by atoms with Gasteiger partial charge in [-0.1, -0.05) is 48.7 Å². The molecular weight excluding hydrogens is 401 g/mol. The summed E-state index contributed by atoms with van der Waals surface area (Å²) in [6.45, 7) is 2.61. The fourth-order valence-corrected chi connectivity index (χ4v) is 2.88. The van der Waals surface area contributed by atoms with Gasteiger partial charge in [-0.3, -0.25) is 4.79 Å². The highest BCUT2D eigenvalue weighted by molar-refractivity contribution is 9.10. The molecule has 0 atom stereocenters. The molecule has 0 aliphatic heterocycles. The second-order valence-corrected chi connectivity index (χ2v) is 6.57. The third-order valence-corrected chi connectivity index (χ3v) is 4.38. The molecule has 6 heteroatoms. The minimum absolute atomic E-state index is 0.291. The summed E-state index contributed by atoms with van der Waals surface area (Å²) in [4.78, 5) is 12.4. The van der Waals surface area contributed by atoms with E-state index in [4.69, 9.17) is 27.9 Å². The van der Waals surface area contributed by atoms with Gasteiger partial charge in [0.05, 0.1) is 22.3 Å². The van der Waals surface area contributed by atoms with E-state index in [0.29, 0.717) is 33.7 Å². The molecule has 0 saturated carbocycles. The van der Waals surface area contributed by atoms with Crippen LogP contribution in [0, 0.1) is 0 Å². The number of rotatable bonds is 6. The van der Waals surface area contributed by atoms with Gasteiger partial charge in [0.15, 0.2) is 5.75 Å². The van der Waals surface area contributed by atoms with Crippen molar-refractivity contribution in [2.45, 2.75) is 19.8 Å². The Labute approximate surface area is 154 Å². The highest BCUT2D eigenvalue weighted by Crippen LogP contribution is 2.34. The van der Waals surface area contributed by atoms with Gasteiger partial charge in [0.2, 0.25) is 0 Å². The first-order valence-corrected chi connectivity index (χ1v) is 8.75. The van der Waals surface area contributed by atoms with E-state index in [0.717, 1.165) is 17.3 Å². The molecule has 23 heavy (non-hydrogen) atoms. The van der Waals surface area contributed by atoms with E-state index in [-0.39, 0.29) is 5.91 Å². The Morgan fingerprint density at radius 1 is 1.22 bits per heavy atom. The van der Waals surface area contributed by atoms with Crippen molar-refractivity contribution in [1.29, 1.82) is 0 Å². The Hall–Kier alpha value is -1.23. The lowest BCUT2D eigenvalue weighted by Crippen LogP contribution is -2.12. The van der Waals surface area contributed by atoms with Crippen molar-refractivity contribution in [2.24, 2.45) is 0 Å². The molecule has 0 radical (unpaired) electrons. The smallest absolute Gasteiger partial charge is 0.255 e. The Morgan fingerprint density at radius 3 is 2.48 bits per heavy atom. The standard InChI is InChI=1S/C17H16BrCl2NO2/c1-2-3-8-23-16-13(19)9-11(10-14(16)20)17(22)21-15-7-5-4-6-12(15)18/h4-7,9-10H,2-3,8H2,1H3,(H,21,22). The SMILES string of the molecule is CCCCOc1c(Cl)cc(C(=O)Nc2ccccc2Br)cc1Cl. The molecule has 0 spiro atoms. The van der Waals surface area contributed by atoms with Crippen LogP contribution in [0.25, 0.3) is 0 Å². The summed E-state index contributed by atoms with van der Waals surface area (Å²) in [6.07, 6.45) is 1.93. The number of amides is 1. The van der Waals surface area contributed by atoms with Gasteiger partial charge in [0.1, 0.15) is 0 Å². The van der Waals surface area contributed by atoms with Crippen LogP contribution in [-0.2, 0) is 0 Å². The second-order valence-electron chi connectivity index (χ2n) is 4.91. The van der Waals surface area contributed by atoms with Crippen LogP contribution in [0.5, 0.6) is 5.75 Å². The molecule has 2 aromatic carbocycles. The summed E-state index contributed by atoms with van der Waals surface area (Å²) in [7, 11) is 0. The van der Waals surface area contributed by atoms with Crippen LogP contribution in [0.15, 0.2) is 40.9 Å². The van der Waals surface area contributed by atoms with Crippen molar-refractivity contribution in [3.05, 3.63) is 56.5 Å². The van der Waals surface area contributed by atoms with E-state index >= 15 is 0 Å². The molecule has 0 unspecified atom stereocenters. The Bertz CT molecular complexity index is 684. The maximum Gasteiger partial charge on any atom is 0.255 e. The summed E-state index contributed by atoms with van der Waals surface area (Å²) in [5.41, 5.74) is 1.05. The molecule has 0 aliphatic carbocycles. The predicted octanol–water partition coefficient (Wildman–Crippen LogP) is 6.19. The van der Waals surface area contributed by atoms with Crippen LogP contribution in [0.2, 0.25) is 10.0 Å². The lowest BCUT2D eigenvalue weighted by molar-refractivity contribution is 0.102. The molecule has 0 fully saturated rings. The second kappa shape index (κ2) is 8.57. The number of ether oxygens (including phenoxy) is 1. The zero-order valence-corrected chi connectivity index (χ0v) is 15.6. The van der Waals surface area contributed by atoms with E-state index < -0.39 is 0 Å². The highest BCUT2D eigenvalue weighted by Gasteiger charge is 2.15. The van der Waals surface area contributed by atoms with Crippen LogP contribution in [0.1, 0.15) is 30.1 Å². The largest absolute Gasteiger partial charge is 0.490 e. The molecule has 0 saturated heterocycles. The Balaban J connectivity index is 2.17. The summed E-state index contributed by atoms with van der Waals surface area (Å²) < 4.78 is 6.37. The van der Waals surface area contributed by atoms with Crippen molar-refractivity contribution in [2.75, 3.05) is 11.9 Å². The molecule has 1 amide bonds. The Kier molecular flexibility index (Phi) is 6.75. The molecule has 122 valence electrons. The minimum Gasteiger partial charge on any atom is -0.490 e. The maximum absolute atomic E-state index is 12.4. The number of nitrogens with one attached hydrogen (secondary N) is 1. The molecule has 0 aliphatic rings. The van der Waals surface area contributed by atoms with E-state index in [1.54, 1.807) is 18.2 Å². The van der Waals surface area contributed by atoms with Crippen LogP contribution in [-0.4, -0.2) is 12.5 Å².